The van der Waals surface area contributed by atoms with E-state index >= 15 is 0 Å². The van der Waals surface area contributed by atoms with Crippen molar-refractivity contribution in [2.75, 3.05) is 5.01 Å². The molecule has 0 saturated carbocycles. The SMILES string of the molecule is CCc1ccc(C=NN(Cc2ccccc2)c2ccccc2)cc1. The summed E-state index contributed by atoms with van der Waals surface area (Å²) in [6.07, 6.45) is 2.98. The minimum absolute atomic E-state index is 0.744. The van der Waals surface area contributed by atoms with Crippen LogP contribution < -0.4 is 5.01 Å². The van der Waals surface area contributed by atoms with E-state index in [2.05, 4.69) is 67.6 Å². The number of nitrogens with zero attached hydrogens (tertiary/aromatic N) is 2. The van der Waals surface area contributed by atoms with Crippen molar-refractivity contribution in [2.24, 2.45) is 5.10 Å². The second kappa shape index (κ2) is 8.11. The minimum atomic E-state index is 0.744. The van der Waals surface area contributed by atoms with Gasteiger partial charge in [-0.25, -0.2) is 0 Å². The van der Waals surface area contributed by atoms with E-state index in [0.717, 1.165) is 24.2 Å². The predicted octanol–water partition coefficient (Wildman–Crippen LogP) is 5.29. The first-order valence-electron chi connectivity index (χ1n) is 8.34. The van der Waals surface area contributed by atoms with Crippen LogP contribution in [0.2, 0.25) is 0 Å². The van der Waals surface area contributed by atoms with Gasteiger partial charge in [0.05, 0.1) is 18.4 Å². The maximum Gasteiger partial charge on any atom is 0.0666 e. The van der Waals surface area contributed by atoms with Crippen molar-refractivity contribution >= 4 is 11.9 Å². The minimum Gasteiger partial charge on any atom is -0.261 e. The van der Waals surface area contributed by atoms with Gasteiger partial charge in [-0.15, -0.1) is 0 Å². The summed E-state index contributed by atoms with van der Waals surface area (Å²) in [5.74, 6) is 0. The third-order valence-corrected chi connectivity index (χ3v) is 3.96. The van der Waals surface area contributed by atoms with Gasteiger partial charge in [0, 0.05) is 0 Å². The molecule has 0 radical (unpaired) electrons. The van der Waals surface area contributed by atoms with Gasteiger partial charge in [-0.2, -0.15) is 5.10 Å². The van der Waals surface area contributed by atoms with E-state index in [-0.39, 0.29) is 0 Å². The average molecular weight is 314 g/mol. The molecule has 3 aromatic rings. The summed E-state index contributed by atoms with van der Waals surface area (Å²) in [4.78, 5) is 0. The fourth-order valence-electron chi connectivity index (χ4n) is 2.53. The second-order valence-electron chi connectivity index (χ2n) is 5.72. The summed E-state index contributed by atoms with van der Waals surface area (Å²) in [6, 6.07) is 29.2. The van der Waals surface area contributed by atoms with Gasteiger partial charge in [-0.1, -0.05) is 79.7 Å². The van der Waals surface area contributed by atoms with Crippen LogP contribution in [0, 0.1) is 0 Å². The van der Waals surface area contributed by atoms with Crippen molar-refractivity contribution in [3.63, 3.8) is 0 Å². The lowest BCUT2D eigenvalue weighted by Crippen LogP contribution is -2.15. The Morgan fingerprint density at radius 3 is 2.00 bits per heavy atom. The van der Waals surface area contributed by atoms with Crippen LogP contribution in [-0.4, -0.2) is 6.21 Å². The number of hydrogen-bond acceptors (Lipinski definition) is 2. The molecule has 0 aliphatic rings. The summed E-state index contributed by atoms with van der Waals surface area (Å²) in [7, 11) is 0. The van der Waals surface area contributed by atoms with Crippen LogP contribution in [-0.2, 0) is 13.0 Å². The fraction of sp³-hybridized carbons (Fsp3) is 0.136. The Bertz CT molecular complexity index is 762. The Hall–Kier alpha value is -2.87. The number of anilines is 1. The first-order chi connectivity index (χ1) is 11.8. The molecule has 3 aromatic carbocycles. The molecule has 2 nitrogen and oxygen atoms in total. The number of rotatable bonds is 6. The first-order valence-corrected chi connectivity index (χ1v) is 8.34. The number of hydrogen-bond donors (Lipinski definition) is 0. The zero-order valence-corrected chi connectivity index (χ0v) is 14.0. The maximum atomic E-state index is 4.72. The summed E-state index contributed by atoms with van der Waals surface area (Å²) >= 11 is 0. The number of benzene rings is 3. The molecule has 120 valence electrons. The maximum absolute atomic E-state index is 4.72. The molecule has 24 heavy (non-hydrogen) atoms. The van der Waals surface area contributed by atoms with E-state index < -0.39 is 0 Å². The van der Waals surface area contributed by atoms with Gasteiger partial charge in [0.15, 0.2) is 0 Å². The highest BCUT2D eigenvalue weighted by Crippen LogP contribution is 2.17. The van der Waals surface area contributed by atoms with Crippen LogP contribution in [0.1, 0.15) is 23.6 Å². The van der Waals surface area contributed by atoms with Gasteiger partial charge in [-0.3, -0.25) is 5.01 Å². The van der Waals surface area contributed by atoms with Crippen LogP contribution in [0.3, 0.4) is 0 Å². The molecule has 0 aliphatic carbocycles. The summed E-state index contributed by atoms with van der Waals surface area (Å²) in [5.41, 5.74) is 4.78. The summed E-state index contributed by atoms with van der Waals surface area (Å²) < 4.78 is 0. The van der Waals surface area contributed by atoms with E-state index in [9.17, 15) is 0 Å². The van der Waals surface area contributed by atoms with Crippen LogP contribution in [0.25, 0.3) is 0 Å². The smallest absolute Gasteiger partial charge is 0.0666 e. The zero-order chi connectivity index (χ0) is 16.6. The lowest BCUT2D eigenvalue weighted by atomic mass is 10.1. The molecule has 0 aliphatic heterocycles. The zero-order valence-electron chi connectivity index (χ0n) is 14.0. The predicted molar refractivity (Wildman–Crippen MR) is 102 cm³/mol. The molecular formula is C22H22N2. The van der Waals surface area contributed by atoms with E-state index in [1.807, 2.05) is 35.5 Å². The van der Waals surface area contributed by atoms with Gasteiger partial charge in [0.1, 0.15) is 0 Å². The van der Waals surface area contributed by atoms with Crippen LogP contribution >= 0.6 is 0 Å². The normalized spacial score (nSPS) is 10.9. The highest BCUT2D eigenvalue weighted by molar-refractivity contribution is 5.80. The Morgan fingerprint density at radius 2 is 1.38 bits per heavy atom. The van der Waals surface area contributed by atoms with Crippen molar-refractivity contribution in [1.82, 2.24) is 0 Å². The van der Waals surface area contributed by atoms with Crippen LogP contribution in [0.4, 0.5) is 5.69 Å². The van der Waals surface area contributed by atoms with E-state index in [1.165, 1.54) is 11.1 Å². The highest BCUT2D eigenvalue weighted by Gasteiger charge is 2.05. The standard InChI is InChI=1S/C22H22N2/c1-2-19-13-15-20(16-14-19)17-23-24(22-11-7-4-8-12-22)18-21-9-5-3-6-10-21/h3-17H,2,18H2,1H3. The van der Waals surface area contributed by atoms with Crippen LogP contribution in [0.5, 0.6) is 0 Å². The van der Waals surface area contributed by atoms with Crippen molar-refractivity contribution in [1.29, 1.82) is 0 Å². The highest BCUT2D eigenvalue weighted by atomic mass is 15.4. The quantitative estimate of drug-likeness (QED) is 0.446. The molecule has 0 atom stereocenters. The molecule has 0 spiro atoms. The van der Waals surface area contributed by atoms with Gasteiger partial charge in [0.2, 0.25) is 0 Å². The average Bonchev–Trinajstić information content (AvgIpc) is 2.67. The lowest BCUT2D eigenvalue weighted by Gasteiger charge is -2.19. The molecule has 0 bridgehead atoms. The van der Waals surface area contributed by atoms with Crippen molar-refractivity contribution in [3.8, 4) is 0 Å². The Morgan fingerprint density at radius 1 is 0.750 bits per heavy atom. The Kier molecular flexibility index (Phi) is 5.41. The third kappa shape index (κ3) is 4.32. The fourth-order valence-corrected chi connectivity index (χ4v) is 2.53. The van der Waals surface area contributed by atoms with Gasteiger partial charge < -0.3 is 0 Å². The van der Waals surface area contributed by atoms with Gasteiger partial charge in [-0.05, 0) is 35.2 Å². The van der Waals surface area contributed by atoms with Crippen molar-refractivity contribution < 1.29 is 0 Å². The molecule has 0 fully saturated rings. The first kappa shape index (κ1) is 16.0. The van der Waals surface area contributed by atoms with Crippen LogP contribution in [0.15, 0.2) is 90.0 Å². The number of hydrazone groups is 1. The molecular weight excluding hydrogens is 292 g/mol. The molecule has 0 N–H and O–H groups in total. The molecule has 0 amide bonds. The molecule has 0 heterocycles. The Balaban J connectivity index is 1.82. The topological polar surface area (TPSA) is 15.6 Å². The van der Waals surface area contributed by atoms with E-state index in [1.54, 1.807) is 0 Å². The molecule has 0 saturated heterocycles. The lowest BCUT2D eigenvalue weighted by molar-refractivity contribution is 0.858. The third-order valence-electron chi connectivity index (χ3n) is 3.96. The van der Waals surface area contributed by atoms with Gasteiger partial charge >= 0.3 is 0 Å². The monoisotopic (exact) mass is 314 g/mol. The van der Waals surface area contributed by atoms with Crippen molar-refractivity contribution in [3.05, 3.63) is 102 Å². The van der Waals surface area contributed by atoms with Crippen molar-refractivity contribution in [2.45, 2.75) is 19.9 Å². The largest absolute Gasteiger partial charge is 0.261 e. The Labute approximate surface area is 144 Å². The molecule has 0 aromatic heterocycles. The number of para-hydroxylation sites is 1. The summed E-state index contributed by atoms with van der Waals surface area (Å²) in [5, 5.41) is 6.75. The number of aryl methyl sites for hydroxylation is 1. The van der Waals surface area contributed by atoms with Gasteiger partial charge in [0.25, 0.3) is 0 Å². The summed E-state index contributed by atoms with van der Waals surface area (Å²) in [6.45, 7) is 2.91. The van der Waals surface area contributed by atoms with E-state index in [0.29, 0.717) is 0 Å². The molecule has 3 rings (SSSR count). The van der Waals surface area contributed by atoms with E-state index in [4.69, 9.17) is 5.10 Å². The molecule has 0 unspecified atom stereocenters. The second-order valence-corrected chi connectivity index (χ2v) is 5.72. The molecule has 2 heteroatoms.